The molecule has 1 aromatic rings. The first-order chi connectivity index (χ1) is 8.95. The van der Waals surface area contributed by atoms with Gasteiger partial charge in [0, 0.05) is 6.04 Å². The van der Waals surface area contributed by atoms with Gasteiger partial charge in [-0.15, -0.1) is 0 Å². The number of halogens is 3. The third kappa shape index (κ3) is 5.40. The minimum absolute atomic E-state index is 0. The molecule has 104 valence electrons. The number of hydrogen-bond acceptors (Lipinski definition) is 2. The maximum atomic E-state index is 12.3. The molecule has 8 heteroatoms. The van der Waals surface area contributed by atoms with Crippen molar-refractivity contribution in [3.8, 4) is 0 Å². The molecule has 1 saturated carbocycles. The molecule has 0 heterocycles. The molecule has 20 heavy (non-hydrogen) atoms. The van der Waals surface area contributed by atoms with Gasteiger partial charge in [0.25, 0.3) is 0 Å². The monoisotopic (exact) mass is 311 g/mol. The zero-order valence-corrected chi connectivity index (χ0v) is 14.3. The molecule has 0 aliphatic heterocycles. The molecule has 0 spiro atoms. The Morgan fingerprint density at radius 3 is 2.40 bits per heavy atom. The van der Waals surface area contributed by atoms with E-state index >= 15 is 0 Å². The summed E-state index contributed by atoms with van der Waals surface area (Å²) < 4.78 is 41.8. The topological polar surface area (TPSA) is 38.3 Å². The molecule has 0 aromatic heterocycles. The minimum Gasteiger partial charge on any atom is -0.449 e. The van der Waals surface area contributed by atoms with E-state index in [-0.39, 0.29) is 70.8 Å². The average Bonchev–Trinajstić information content (AvgIpc) is 2.30. The average molecular weight is 311 g/mol. The first-order valence-corrected chi connectivity index (χ1v) is 6.12. The quantitative estimate of drug-likeness (QED) is 0.812. The van der Waals surface area contributed by atoms with E-state index in [0.717, 1.165) is 5.56 Å². The van der Waals surface area contributed by atoms with Gasteiger partial charge in [-0.05, 0) is 5.56 Å². The largest absolute Gasteiger partial charge is 1.00 e. The summed E-state index contributed by atoms with van der Waals surface area (Å²) in [6.07, 6.45) is -0.740. The van der Waals surface area contributed by atoms with Crippen LogP contribution in [0.15, 0.2) is 30.3 Å². The Hall–Kier alpha value is -0.0187. The summed E-state index contributed by atoms with van der Waals surface area (Å²) >= 11 is 0. The first-order valence-electron chi connectivity index (χ1n) is 6.12. The predicted octanol–water partition coefficient (Wildman–Crippen LogP) is 0.297. The van der Waals surface area contributed by atoms with Crippen molar-refractivity contribution < 1.29 is 73.9 Å². The Morgan fingerprint density at radius 1 is 1.25 bits per heavy atom. The fourth-order valence-electron chi connectivity index (χ4n) is 2.02. The first kappa shape index (κ1) is 18.0. The Bertz CT molecular complexity index is 438. The van der Waals surface area contributed by atoms with Crippen LogP contribution in [0.1, 0.15) is 18.4 Å². The fourth-order valence-corrected chi connectivity index (χ4v) is 2.02. The Labute approximate surface area is 158 Å². The van der Waals surface area contributed by atoms with E-state index in [1.54, 1.807) is 12.1 Å². The molecule has 2 rings (SSSR count). The molecule has 0 saturated heterocycles. The SMILES string of the molecule is O=C(NC1CC([B-](F)(F)F)C1)OCc1ccccc1.[K+]. The third-order valence-corrected chi connectivity index (χ3v) is 3.24. The molecule has 0 unspecified atom stereocenters. The Kier molecular flexibility index (Phi) is 7.07. The summed E-state index contributed by atoms with van der Waals surface area (Å²) in [7, 11) is 0. The van der Waals surface area contributed by atoms with Gasteiger partial charge < -0.3 is 23.0 Å². The number of carbonyl (C=O) groups is 1. The molecule has 3 nitrogen and oxygen atoms in total. The molecule has 0 bridgehead atoms. The van der Waals surface area contributed by atoms with Crippen LogP contribution in [0.25, 0.3) is 0 Å². The maximum Gasteiger partial charge on any atom is 1.00 e. The van der Waals surface area contributed by atoms with Gasteiger partial charge in [0.15, 0.2) is 0 Å². The smallest absolute Gasteiger partial charge is 0.449 e. The van der Waals surface area contributed by atoms with Gasteiger partial charge in [0.1, 0.15) is 6.61 Å². The minimum atomic E-state index is -4.78. The molecule has 1 aromatic carbocycles. The van der Waals surface area contributed by atoms with Crippen molar-refractivity contribution in [1.29, 1.82) is 0 Å². The molecule has 0 atom stereocenters. The standard InChI is InChI=1S/C12H14BF3NO2.K/c14-13(15,16)10-6-11(7-10)17-12(18)19-8-9-4-2-1-3-5-9;/h1-5,10-11H,6-8H2,(H,17,18);/q-1;+1. The van der Waals surface area contributed by atoms with Crippen molar-refractivity contribution in [2.24, 2.45) is 0 Å². The molecule has 1 amide bonds. The predicted molar refractivity (Wildman–Crippen MR) is 65.6 cm³/mol. The van der Waals surface area contributed by atoms with Gasteiger partial charge in [-0.3, -0.25) is 0 Å². The number of benzene rings is 1. The number of amides is 1. The van der Waals surface area contributed by atoms with Crippen LogP contribution in [0.4, 0.5) is 17.7 Å². The zero-order valence-electron chi connectivity index (χ0n) is 11.2. The van der Waals surface area contributed by atoms with Crippen LogP contribution >= 0.6 is 0 Å². The van der Waals surface area contributed by atoms with Crippen molar-refractivity contribution in [2.75, 3.05) is 0 Å². The van der Waals surface area contributed by atoms with Crippen molar-refractivity contribution in [1.82, 2.24) is 5.32 Å². The molecule has 1 N–H and O–H groups in total. The second-order valence-corrected chi connectivity index (χ2v) is 4.76. The van der Waals surface area contributed by atoms with Crippen LogP contribution in [0, 0.1) is 0 Å². The number of carbonyl (C=O) groups excluding carboxylic acids is 1. The molecule has 1 aliphatic rings. The summed E-state index contributed by atoms with van der Waals surface area (Å²) in [6, 6.07) is 8.67. The van der Waals surface area contributed by atoms with Crippen molar-refractivity contribution >= 4 is 13.1 Å². The van der Waals surface area contributed by atoms with E-state index in [9.17, 15) is 17.7 Å². The number of hydrogen-bond donors (Lipinski definition) is 1. The van der Waals surface area contributed by atoms with Crippen molar-refractivity contribution in [2.45, 2.75) is 31.3 Å². The van der Waals surface area contributed by atoms with Gasteiger partial charge in [-0.25, -0.2) is 4.79 Å². The maximum absolute atomic E-state index is 12.3. The fraction of sp³-hybridized carbons (Fsp3) is 0.417. The molecular formula is C12H14BF3KNO2. The second kappa shape index (κ2) is 7.84. The van der Waals surface area contributed by atoms with Crippen LogP contribution in [0.2, 0.25) is 5.82 Å². The van der Waals surface area contributed by atoms with Gasteiger partial charge in [0.05, 0.1) is 0 Å². The van der Waals surface area contributed by atoms with Crippen LogP contribution in [0.3, 0.4) is 0 Å². The summed E-state index contributed by atoms with van der Waals surface area (Å²) in [5.74, 6) is -1.24. The van der Waals surface area contributed by atoms with E-state index in [2.05, 4.69) is 5.32 Å². The van der Waals surface area contributed by atoms with Gasteiger partial charge >= 0.3 is 64.5 Å². The van der Waals surface area contributed by atoms with E-state index in [1.165, 1.54) is 0 Å². The van der Waals surface area contributed by atoms with E-state index < -0.39 is 24.9 Å². The van der Waals surface area contributed by atoms with Crippen LogP contribution < -0.4 is 56.7 Å². The zero-order chi connectivity index (χ0) is 13.9. The third-order valence-electron chi connectivity index (χ3n) is 3.24. The number of rotatable bonds is 4. The molecule has 1 fully saturated rings. The van der Waals surface area contributed by atoms with Crippen molar-refractivity contribution in [3.63, 3.8) is 0 Å². The van der Waals surface area contributed by atoms with E-state index in [0.29, 0.717) is 0 Å². The second-order valence-electron chi connectivity index (χ2n) is 4.76. The summed E-state index contributed by atoms with van der Waals surface area (Å²) in [5.41, 5.74) is 0.836. The molecule has 1 aliphatic carbocycles. The van der Waals surface area contributed by atoms with Gasteiger partial charge in [-0.1, -0.05) is 49.0 Å². The summed E-state index contributed by atoms with van der Waals surface area (Å²) in [6.45, 7) is -4.66. The Morgan fingerprint density at radius 2 is 1.85 bits per heavy atom. The van der Waals surface area contributed by atoms with Crippen LogP contribution in [-0.2, 0) is 11.3 Å². The normalized spacial score (nSPS) is 21.4. The number of alkyl carbamates (subject to hydrolysis) is 1. The van der Waals surface area contributed by atoms with Gasteiger partial charge in [0.2, 0.25) is 0 Å². The van der Waals surface area contributed by atoms with Crippen molar-refractivity contribution in [3.05, 3.63) is 35.9 Å². The number of ether oxygens (including phenoxy) is 1. The van der Waals surface area contributed by atoms with Crippen LogP contribution in [-0.4, -0.2) is 19.1 Å². The summed E-state index contributed by atoms with van der Waals surface area (Å²) in [4.78, 5) is 11.4. The van der Waals surface area contributed by atoms with Gasteiger partial charge in [-0.2, -0.15) is 0 Å². The van der Waals surface area contributed by atoms with E-state index in [1.807, 2.05) is 18.2 Å². The molecule has 0 radical (unpaired) electrons. The summed E-state index contributed by atoms with van der Waals surface area (Å²) in [5, 5.41) is 2.44. The van der Waals surface area contributed by atoms with Crippen LogP contribution in [0.5, 0.6) is 0 Å². The van der Waals surface area contributed by atoms with E-state index in [4.69, 9.17) is 4.74 Å². The number of nitrogens with one attached hydrogen (secondary N) is 1. The molecular weight excluding hydrogens is 297 g/mol. The Balaban J connectivity index is 0.00000200.